The zero-order valence-electron chi connectivity index (χ0n) is 10.4. The molecule has 4 nitrogen and oxygen atoms in total. The van der Waals surface area contributed by atoms with Crippen molar-refractivity contribution >= 4 is 27.7 Å². The van der Waals surface area contributed by atoms with Crippen molar-refractivity contribution in [2.75, 3.05) is 18.4 Å². The van der Waals surface area contributed by atoms with Crippen molar-refractivity contribution in [3.05, 3.63) is 22.3 Å². The van der Waals surface area contributed by atoms with Crippen LogP contribution in [0.4, 0.5) is 5.82 Å². The van der Waals surface area contributed by atoms with Crippen LogP contribution in [0.25, 0.3) is 0 Å². The molecule has 0 unspecified atom stereocenters. The number of carbonyl (C=O) groups is 1. The summed E-state index contributed by atoms with van der Waals surface area (Å²) in [6.07, 6.45) is 1.76. The van der Waals surface area contributed by atoms with Crippen molar-refractivity contribution in [3.8, 4) is 0 Å². The summed E-state index contributed by atoms with van der Waals surface area (Å²) in [5.41, 5.74) is 1.08. The predicted molar refractivity (Wildman–Crippen MR) is 73.0 cm³/mol. The van der Waals surface area contributed by atoms with Gasteiger partial charge >= 0.3 is 0 Å². The van der Waals surface area contributed by atoms with Crippen LogP contribution in [0.1, 0.15) is 19.4 Å². The van der Waals surface area contributed by atoms with Gasteiger partial charge in [-0.05, 0) is 40.4 Å². The molecule has 1 rings (SSSR count). The fourth-order valence-corrected chi connectivity index (χ4v) is 1.81. The van der Waals surface area contributed by atoms with Gasteiger partial charge in [-0.1, -0.05) is 13.8 Å². The van der Waals surface area contributed by atoms with E-state index in [1.165, 1.54) is 0 Å². The molecule has 17 heavy (non-hydrogen) atoms. The Bertz CT molecular complexity index is 393. The molecule has 1 aromatic heterocycles. The van der Waals surface area contributed by atoms with E-state index in [0.717, 1.165) is 10.0 Å². The van der Waals surface area contributed by atoms with E-state index in [1.54, 1.807) is 6.20 Å². The number of nitrogens with one attached hydrogen (secondary N) is 2. The average molecular weight is 300 g/mol. The quantitative estimate of drug-likeness (QED) is 0.877. The fraction of sp³-hybridized carbons (Fsp3) is 0.500. The molecule has 0 saturated carbocycles. The Morgan fingerprint density at radius 2 is 2.24 bits per heavy atom. The number of aromatic nitrogens is 1. The largest absolute Gasteiger partial charge is 0.360 e. The molecular formula is C12H18BrN3O. The molecule has 0 spiro atoms. The van der Waals surface area contributed by atoms with E-state index in [1.807, 2.05) is 13.0 Å². The Balaban J connectivity index is 2.42. The summed E-state index contributed by atoms with van der Waals surface area (Å²) in [6.45, 7) is 7.03. The lowest BCUT2D eigenvalue weighted by molar-refractivity contribution is -0.119. The highest BCUT2D eigenvalue weighted by molar-refractivity contribution is 9.10. The smallest absolute Gasteiger partial charge is 0.239 e. The Kier molecular flexibility index (Phi) is 5.41. The van der Waals surface area contributed by atoms with Gasteiger partial charge in [0, 0.05) is 12.7 Å². The molecule has 0 saturated heterocycles. The van der Waals surface area contributed by atoms with Crippen LogP contribution in [-0.2, 0) is 4.79 Å². The second-order valence-corrected chi connectivity index (χ2v) is 5.25. The SMILES string of the molecule is Cc1cnc(NCC(=O)NCC(C)C)c(Br)c1. The van der Waals surface area contributed by atoms with Gasteiger partial charge in [0.25, 0.3) is 0 Å². The summed E-state index contributed by atoms with van der Waals surface area (Å²) in [7, 11) is 0. The molecule has 1 amide bonds. The molecule has 5 heteroatoms. The third-order valence-corrected chi connectivity index (χ3v) is 2.71. The third kappa shape index (κ3) is 5.17. The number of rotatable bonds is 5. The molecule has 0 aliphatic carbocycles. The Morgan fingerprint density at radius 1 is 1.53 bits per heavy atom. The molecule has 0 aliphatic heterocycles. The molecule has 1 aromatic rings. The van der Waals surface area contributed by atoms with E-state index in [-0.39, 0.29) is 12.5 Å². The van der Waals surface area contributed by atoms with E-state index in [4.69, 9.17) is 0 Å². The van der Waals surface area contributed by atoms with E-state index < -0.39 is 0 Å². The van der Waals surface area contributed by atoms with Gasteiger partial charge in [0.15, 0.2) is 0 Å². The van der Waals surface area contributed by atoms with Gasteiger partial charge < -0.3 is 10.6 Å². The van der Waals surface area contributed by atoms with Crippen molar-refractivity contribution < 1.29 is 4.79 Å². The Hall–Kier alpha value is -1.10. The molecular weight excluding hydrogens is 282 g/mol. The van der Waals surface area contributed by atoms with Gasteiger partial charge in [-0.3, -0.25) is 4.79 Å². The van der Waals surface area contributed by atoms with Crippen molar-refractivity contribution in [2.24, 2.45) is 5.92 Å². The zero-order chi connectivity index (χ0) is 12.8. The number of nitrogens with zero attached hydrogens (tertiary/aromatic N) is 1. The summed E-state index contributed by atoms with van der Waals surface area (Å²) >= 11 is 3.40. The summed E-state index contributed by atoms with van der Waals surface area (Å²) in [6, 6.07) is 1.96. The van der Waals surface area contributed by atoms with Gasteiger partial charge in [-0.25, -0.2) is 4.98 Å². The Labute approximate surface area is 110 Å². The van der Waals surface area contributed by atoms with Crippen LogP contribution in [0, 0.1) is 12.8 Å². The van der Waals surface area contributed by atoms with Crippen LogP contribution >= 0.6 is 15.9 Å². The second-order valence-electron chi connectivity index (χ2n) is 4.39. The first-order valence-corrected chi connectivity index (χ1v) is 6.41. The molecule has 0 bridgehead atoms. The maximum Gasteiger partial charge on any atom is 0.239 e. The highest BCUT2D eigenvalue weighted by atomic mass is 79.9. The summed E-state index contributed by atoms with van der Waals surface area (Å²) in [4.78, 5) is 15.7. The monoisotopic (exact) mass is 299 g/mol. The van der Waals surface area contributed by atoms with Crippen LogP contribution in [0.5, 0.6) is 0 Å². The van der Waals surface area contributed by atoms with E-state index in [0.29, 0.717) is 18.3 Å². The molecule has 0 atom stereocenters. The van der Waals surface area contributed by atoms with Crippen LogP contribution < -0.4 is 10.6 Å². The van der Waals surface area contributed by atoms with Crippen LogP contribution in [0.2, 0.25) is 0 Å². The minimum absolute atomic E-state index is 0.0204. The topological polar surface area (TPSA) is 54.0 Å². The number of amides is 1. The minimum atomic E-state index is -0.0204. The lowest BCUT2D eigenvalue weighted by atomic mass is 10.2. The average Bonchev–Trinajstić information content (AvgIpc) is 2.25. The summed E-state index contributed by atoms with van der Waals surface area (Å²) in [5, 5.41) is 5.83. The lowest BCUT2D eigenvalue weighted by Gasteiger charge is -2.10. The van der Waals surface area contributed by atoms with Crippen LogP contribution in [-0.4, -0.2) is 24.0 Å². The van der Waals surface area contributed by atoms with Crippen molar-refractivity contribution in [3.63, 3.8) is 0 Å². The number of halogens is 1. The first-order chi connectivity index (χ1) is 7.99. The number of pyridine rings is 1. The van der Waals surface area contributed by atoms with Crippen LogP contribution in [0.3, 0.4) is 0 Å². The number of hydrogen-bond donors (Lipinski definition) is 2. The van der Waals surface area contributed by atoms with Crippen molar-refractivity contribution in [1.82, 2.24) is 10.3 Å². The third-order valence-electron chi connectivity index (χ3n) is 2.10. The van der Waals surface area contributed by atoms with E-state index in [9.17, 15) is 4.79 Å². The fourth-order valence-electron chi connectivity index (χ4n) is 1.21. The van der Waals surface area contributed by atoms with Crippen LogP contribution in [0.15, 0.2) is 16.7 Å². The molecule has 94 valence electrons. The highest BCUT2D eigenvalue weighted by Crippen LogP contribution is 2.19. The van der Waals surface area contributed by atoms with Gasteiger partial charge in [-0.15, -0.1) is 0 Å². The molecule has 0 radical (unpaired) electrons. The molecule has 0 fully saturated rings. The maximum absolute atomic E-state index is 11.5. The van der Waals surface area contributed by atoms with E-state index in [2.05, 4.69) is 45.4 Å². The standard InChI is InChI=1S/C12H18BrN3O/c1-8(2)5-14-11(17)7-16-12-10(13)4-9(3)6-15-12/h4,6,8H,5,7H2,1-3H3,(H,14,17)(H,15,16). The Morgan fingerprint density at radius 3 is 2.82 bits per heavy atom. The number of anilines is 1. The number of hydrogen-bond acceptors (Lipinski definition) is 3. The van der Waals surface area contributed by atoms with Gasteiger partial charge in [0.2, 0.25) is 5.91 Å². The zero-order valence-corrected chi connectivity index (χ0v) is 12.0. The van der Waals surface area contributed by atoms with Crippen molar-refractivity contribution in [2.45, 2.75) is 20.8 Å². The second kappa shape index (κ2) is 6.59. The van der Waals surface area contributed by atoms with Gasteiger partial charge in [-0.2, -0.15) is 0 Å². The van der Waals surface area contributed by atoms with Gasteiger partial charge in [0.05, 0.1) is 11.0 Å². The molecule has 1 heterocycles. The lowest BCUT2D eigenvalue weighted by Crippen LogP contribution is -2.32. The van der Waals surface area contributed by atoms with Crippen molar-refractivity contribution in [1.29, 1.82) is 0 Å². The number of carbonyl (C=O) groups excluding carboxylic acids is 1. The predicted octanol–water partition coefficient (Wildman–Crippen LogP) is 2.34. The normalized spacial score (nSPS) is 10.4. The first-order valence-electron chi connectivity index (χ1n) is 5.61. The first kappa shape index (κ1) is 14.0. The molecule has 2 N–H and O–H groups in total. The maximum atomic E-state index is 11.5. The highest BCUT2D eigenvalue weighted by Gasteiger charge is 2.05. The summed E-state index contributed by atoms with van der Waals surface area (Å²) in [5.74, 6) is 1.13. The number of aryl methyl sites for hydroxylation is 1. The minimum Gasteiger partial charge on any atom is -0.360 e. The molecule has 0 aromatic carbocycles. The summed E-state index contributed by atoms with van der Waals surface area (Å²) < 4.78 is 0.870. The van der Waals surface area contributed by atoms with E-state index >= 15 is 0 Å². The molecule has 0 aliphatic rings. The van der Waals surface area contributed by atoms with Gasteiger partial charge in [0.1, 0.15) is 5.82 Å².